The first-order chi connectivity index (χ1) is 7.88. The van der Waals surface area contributed by atoms with E-state index in [4.69, 9.17) is 5.84 Å². The van der Waals surface area contributed by atoms with Crippen molar-refractivity contribution in [2.24, 2.45) is 5.84 Å². The van der Waals surface area contributed by atoms with Crippen LogP contribution in [0, 0.1) is 0 Å². The van der Waals surface area contributed by atoms with E-state index in [0.29, 0.717) is 5.69 Å². The van der Waals surface area contributed by atoms with Crippen LogP contribution in [0.4, 0.5) is 13.2 Å². The Kier molecular flexibility index (Phi) is 4.53. The Morgan fingerprint density at radius 1 is 1.53 bits per heavy atom. The van der Waals surface area contributed by atoms with Crippen LogP contribution in [0.15, 0.2) is 12.3 Å². The lowest BCUT2D eigenvalue weighted by Gasteiger charge is -2.18. The quantitative estimate of drug-likeness (QED) is 0.618. The highest BCUT2D eigenvalue weighted by atomic mass is 19.4. The second kappa shape index (κ2) is 5.50. The molecular weight excluding hydrogens is 233 g/mol. The molecule has 0 fully saturated rings. The number of halogens is 3. The normalized spacial score (nSPS) is 15.9. The monoisotopic (exact) mass is 250 g/mol. The number of nitrogens with zero attached hydrogens (tertiary/aromatic N) is 2. The summed E-state index contributed by atoms with van der Waals surface area (Å²) < 4.78 is 39.0. The van der Waals surface area contributed by atoms with Gasteiger partial charge in [-0.05, 0) is 19.4 Å². The lowest BCUT2D eigenvalue weighted by atomic mass is 10.1. The smallest absolute Gasteiger partial charge is 0.271 e. The van der Waals surface area contributed by atoms with Gasteiger partial charge in [-0.25, -0.2) is 5.43 Å². The first kappa shape index (κ1) is 14.0. The summed E-state index contributed by atoms with van der Waals surface area (Å²) in [6.07, 6.45) is -2.06. The first-order valence-corrected chi connectivity index (χ1v) is 5.45. The Morgan fingerprint density at radius 3 is 2.65 bits per heavy atom. The van der Waals surface area contributed by atoms with Crippen LogP contribution in [0.2, 0.25) is 0 Å². The molecule has 0 bridgehead atoms. The third-order valence-corrected chi connectivity index (χ3v) is 2.72. The summed E-state index contributed by atoms with van der Waals surface area (Å²) >= 11 is 0. The van der Waals surface area contributed by atoms with Crippen LogP contribution in [0.5, 0.6) is 0 Å². The van der Waals surface area contributed by atoms with Gasteiger partial charge in [-0.1, -0.05) is 6.92 Å². The molecule has 0 spiro atoms. The van der Waals surface area contributed by atoms with Gasteiger partial charge in [0, 0.05) is 18.7 Å². The van der Waals surface area contributed by atoms with Crippen LogP contribution < -0.4 is 11.3 Å². The molecule has 98 valence electrons. The maximum Gasteiger partial charge on any atom is 0.405 e. The third kappa shape index (κ3) is 3.71. The number of hydrogen-bond donors (Lipinski definition) is 2. The molecule has 0 saturated carbocycles. The molecule has 0 aromatic carbocycles. The van der Waals surface area contributed by atoms with Gasteiger partial charge in [0.05, 0.1) is 5.69 Å². The number of alkyl halides is 3. The second-order valence-electron chi connectivity index (χ2n) is 4.01. The number of nitrogens with two attached hydrogens (primary N) is 1. The molecule has 3 N–H and O–H groups in total. The van der Waals surface area contributed by atoms with Crippen molar-refractivity contribution < 1.29 is 13.2 Å². The minimum atomic E-state index is -4.37. The van der Waals surface area contributed by atoms with E-state index in [9.17, 15) is 13.2 Å². The lowest BCUT2D eigenvalue weighted by Crippen LogP contribution is -2.47. The van der Waals surface area contributed by atoms with Crippen molar-refractivity contribution in [3.05, 3.63) is 18.0 Å². The zero-order valence-electron chi connectivity index (χ0n) is 9.83. The molecule has 1 aromatic rings. The van der Waals surface area contributed by atoms with Gasteiger partial charge < -0.3 is 0 Å². The van der Waals surface area contributed by atoms with E-state index in [1.807, 2.05) is 13.8 Å². The van der Waals surface area contributed by atoms with Gasteiger partial charge in [-0.2, -0.15) is 18.3 Å². The topological polar surface area (TPSA) is 55.9 Å². The van der Waals surface area contributed by atoms with E-state index < -0.39 is 12.2 Å². The van der Waals surface area contributed by atoms with Crippen LogP contribution in [-0.2, 0) is 6.42 Å². The van der Waals surface area contributed by atoms with E-state index in [2.05, 4.69) is 5.10 Å². The predicted octanol–water partition coefficient (Wildman–Crippen LogP) is 1.79. The van der Waals surface area contributed by atoms with E-state index in [-0.39, 0.29) is 12.5 Å². The molecule has 0 aliphatic heterocycles. The van der Waals surface area contributed by atoms with Gasteiger partial charge in [-0.15, -0.1) is 0 Å². The van der Waals surface area contributed by atoms with E-state index in [1.54, 1.807) is 22.4 Å². The molecular formula is C10H17F3N4. The summed E-state index contributed by atoms with van der Waals surface area (Å²) in [6, 6.07) is 0.00380. The van der Waals surface area contributed by atoms with Crippen molar-refractivity contribution in [2.45, 2.75) is 44.9 Å². The Bertz CT molecular complexity index is 348. The second-order valence-corrected chi connectivity index (χ2v) is 4.01. The minimum Gasteiger partial charge on any atom is -0.271 e. The Hall–Kier alpha value is -1.08. The van der Waals surface area contributed by atoms with Crippen molar-refractivity contribution in [2.75, 3.05) is 0 Å². The highest BCUT2D eigenvalue weighted by Gasteiger charge is 2.39. The minimum absolute atomic E-state index is 0.180. The maximum atomic E-state index is 12.5. The fourth-order valence-electron chi connectivity index (χ4n) is 1.40. The summed E-state index contributed by atoms with van der Waals surface area (Å²) in [5.74, 6) is 4.89. The Labute approximate surface area is 97.9 Å². The van der Waals surface area contributed by atoms with Gasteiger partial charge >= 0.3 is 6.18 Å². The van der Waals surface area contributed by atoms with Gasteiger partial charge in [0.15, 0.2) is 0 Å². The summed E-state index contributed by atoms with van der Waals surface area (Å²) in [7, 11) is 0. The van der Waals surface area contributed by atoms with Gasteiger partial charge in [-0.3, -0.25) is 10.5 Å². The Balaban J connectivity index is 2.71. The van der Waals surface area contributed by atoms with E-state index in [1.165, 1.54) is 0 Å². The van der Waals surface area contributed by atoms with Gasteiger partial charge in [0.2, 0.25) is 0 Å². The molecule has 7 heteroatoms. The highest BCUT2D eigenvalue weighted by molar-refractivity contribution is 5.03. The standard InChI is InChI=1S/C10H17F3N4/c1-3-7(2)17-5-4-8(16-17)6-9(15-14)10(11,12)13/h4-5,7,9,15H,3,6,14H2,1-2H3. The van der Waals surface area contributed by atoms with Crippen LogP contribution in [0.1, 0.15) is 32.0 Å². The number of hydrogen-bond acceptors (Lipinski definition) is 3. The van der Waals surface area contributed by atoms with Crippen molar-refractivity contribution in [1.29, 1.82) is 0 Å². The number of nitrogens with one attached hydrogen (secondary N) is 1. The van der Waals surface area contributed by atoms with Crippen molar-refractivity contribution in [3.8, 4) is 0 Å². The molecule has 17 heavy (non-hydrogen) atoms. The fraction of sp³-hybridized carbons (Fsp3) is 0.700. The molecule has 4 nitrogen and oxygen atoms in total. The SMILES string of the molecule is CCC(C)n1ccc(CC(NN)C(F)(F)F)n1. The zero-order chi connectivity index (χ0) is 13.1. The predicted molar refractivity (Wildman–Crippen MR) is 58.1 cm³/mol. The molecule has 2 atom stereocenters. The van der Waals surface area contributed by atoms with Crippen molar-refractivity contribution >= 4 is 0 Å². The van der Waals surface area contributed by atoms with E-state index in [0.717, 1.165) is 6.42 Å². The summed E-state index contributed by atoms with van der Waals surface area (Å²) in [4.78, 5) is 0. The molecule has 1 aromatic heterocycles. The zero-order valence-corrected chi connectivity index (χ0v) is 9.83. The van der Waals surface area contributed by atoms with Gasteiger partial charge in [0.25, 0.3) is 0 Å². The lowest BCUT2D eigenvalue weighted by molar-refractivity contribution is -0.155. The van der Waals surface area contributed by atoms with Crippen LogP contribution in [-0.4, -0.2) is 22.0 Å². The molecule has 0 aliphatic carbocycles. The van der Waals surface area contributed by atoms with Crippen LogP contribution >= 0.6 is 0 Å². The molecule has 0 amide bonds. The molecule has 2 unspecified atom stereocenters. The molecule has 0 saturated heterocycles. The maximum absolute atomic E-state index is 12.5. The molecule has 1 rings (SSSR count). The molecule has 0 aliphatic rings. The average molecular weight is 250 g/mol. The number of aromatic nitrogens is 2. The number of rotatable bonds is 5. The van der Waals surface area contributed by atoms with Crippen molar-refractivity contribution in [3.63, 3.8) is 0 Å². The Morgan fingerprint density at radius 2 is 2.18 bits per heavy atom. The van der Waals surface area contributed by atoms with Crippen LogP contribution in [0.3, 0.4) is 0 Å². The average Bonchev–Trinajstić information content (AvgIpc) is 2.71. The molecule has 0 radical (unpaired) electrons. The number of hydrazine groups is 1. The fourth-order valence-corrected chi connectivity index (χ4v) is 1.40. The van der Waals surface area contributed by atoms with E-state index >= 15 is 0 Å². The summed E-state index contributed by atoms with van der Waals surface area (Å²) in [6.45, 7) is 3.95. The first-order valence-electron chi connectivity index (χ1n) is 5.45. The van der Waals surface area contributed by atoms with Crippen LogP contribution in [0.25, 0.3) is 0 Å². The highest BCUT2D eigenvalue weighted by Crippen LogP contribution is 2.22. The largest absolute Gasteiger partial charge is 0.405 e. The van der Waals surface area contributed by atoms with Gasteiger partial charge in [0.1, 0.15) is 6.04 Å². The third-order valence-electron chi connectivity index (χ3n) is 2.72. The summed E-state index contributed by atoms with van der Waals surface area (Å²) in [5.41, 5.74) is 2.15. The molecule has 1 heterocycles. The van der Waals surface area contributed by atoms with Crippen molar-refractivity contribution in [1.82, 2.24) is 15.2 Å². The summed E-state index contributed by atoms with van der Waals surface area (Å²) in [5, 5.41) is 4.10.